The lowest BCUT2D eigenvalue weighted by Crippen LogP contribution is -2.48. The number of esters is 1. The maximum Gasteiger partial charge on any atom is 0.459 e. The van der Waals surface area contributed by atoms with Crippen molar-refractivity contribution in [2.45, 2.75) is 76.9 Å². The predicted molar refractivity (Wildman–Crippen MR) is 157 cm³/mol. The van der Waals surface area contributed by atoms with Crippen molar-refractivity contribution >= 4 is 48.2 Å². The molecule has 1 saturated heterocycles. The number of aliphatic hydroxyl groups is 1. The molecule has 0 amide bonds. The highest BCUT2D eigenvalue weighted by Gasteiger charge is 2.57. The van der Waals surface area contributed by atoms with Gasteiger partial charge in [0.25, 0.3) is 0 Å². The van der Waals surface area contributed by atoms with Gasteiger partial charge in [-0.3, -0.25) is 13.9 Å². The summed E-state index contributed by atoms with van der Waals surface area (Å²) in [6.45, 7) is 7.85. The molecule has 1 aliphatic heterocycles. The normalized spacial score (nSPS) is 24.3. The number of hydrogen-bond acceptors (Lipinski definition) is 12. The zero-order valence-electron chi connectivity index (χ0n) is 24.3. The molecular formula is C26H36ClFN7O7P. The fourth-order valence-corrected chi connectivity index (χ4v) is 6.17. The number of rotatable bonds is 13. The summed E-state index contributed by atoms with van der Waals surface area (Å²) < 4.78 is 53.5. The van der Waals surface area contributed by atoms with Crippen molar-refractivity contribution in [3.63, 3.8) is 0 Å². The second-order valence-corrected chi connectivity index (χ2v) is 12.6. The number of nitrogens with two attached hydrogens (primary N) is 1. The highest BCUT2D eigenvalue weighted by Crippen LogP contribution is 2.49. The van der Waals surface area contributed by atoms with E-state index < -0.39 is 62.5 Å². The summed E-state index contributed by atoms with van der Waals surface area (Å²) in [4.78, 5) is 25.1. The van der Waals surface area contributed by atoms with Gasteiger partial charge >= 0.3 is 13.7 Å². The zero-order chi connectivity index (χ0) is 31.5. The fourth-order valence-electron chi connectivity index (χ4n) is 4.32. The van der Waals surface area contributed by atoms with Gasteiger partial charge in [0, 0.05) is 6.04 Å². The highest BCUT2D eigenvalue weighted by atomic mass is 35.5. The maximum absolute atomic E-state index is 15.8. The van der Waals surface area contributed by atoms with E-state index in [0.29, 0.717) is 11.3 Å². The van der Waals surface area contributed by atoms with Crippen molar-refractivity contribution in [2.24, 2.45) is 0 Å². The van der Waals surface area contributed by atoms with Gasteiger partial charge < -0.3 is 30.2 Å². The van der Waals surface area contributed by atoms with Crippen molar-refractivity contribution in [3.05, 3.63) is 36.7 Å². The smallest absolute Gasteiger partial charge is 0.459 e. The first-order valence-corrected chi connectivity index (χ1v) is 15.6. The minimum absolute atomic E-state index is 0.0143. The molecule has 1 aromatic carbocycles. The largest absolute Gasteiger partial charge is 0.462 e. The molecule has 0 radical (unpaired) electrons. The summed E-state index contributed by atoms with van der Waals surface area (Å²) >= 11 is 6.24. The Balaban J connectivity index is 1.61. The third kappa shape index (κ3) is 7.36. The molecular weight excluding hydrogens is 608 g/mol. The van der Waals surface area contributed by atoms with Crippen LogP contribution in [0.3, 0.4) is 0 Å². The van der Waals surface area contributed by atoms with E-state index in [0.717, 1.165) is 0 Å². The van der Waals surface area contributed by atoms with Gasteiger partial charge in [-0.1, -0.05) is 18.2 Å². The number of nitrogen functional groups attached to an aromatic ring is 1. The van der Waals surface area contributed by atoms with Crippen molar-refractivity contribution in [3.8, 4) is 5.75 Å². The van der Waals surface area contributed by atoms with Gasteiger partial charge in [-0.25, -0.2) is 13.9 Å². The number of para-hydroxylation sites is 1. The van der Waals surface area contributed by atoms with Gasteiger partial charge in [-0.2, -0.15) is 15.1 Å². The Morgan fingerprint density at radius 1 is 1.26 bits per heavy atom. The number of halogens is 2. The first-order valence-electron chi connectivity index (χ1n) is 13.6. The number of alkyl halides is 2. The van der Waals surface area contributed by atoms with Crippen LogP contribution in [-0.2, 0) is 23.4 Å². The SMILES string of the molecule is CC(C)Nc1nc(N)nc2c1ncn2[C@@H]1O[C@](CCl)(CO[P@@](=O)(N[C@@H](C)C(=O)OC(C)C)Oc2ccccc2)[C@@H](O)[C@@H]1F. The fraction of sp³-hybridized carbons (Fsp3) is 0.538. The highest BCUT2D eigenvalue weighted by molar-refractivity contribution is 7.52. The number of imidazole rings is 1. The number of carbonyl (C=O) groups excluding carboxylic acids is 1. The number of ether oxygens (including phenoxy) is 2. The number of aliphatic hydroxyl groups excluding tert-OH is 1. The van der Waals surface area contributed by atoms with Crippen LogP contribution in [0.1, 0.15) is 40.8 Å². The van der Waals surface area contributed by atoms with Crippen LogP contribution in [-0.4, -0.2) is 79.1 Å². The number of nitrogens with one attached hydrogen (secondary N) is 2. The first kappa shape index (κ1) is 32.8. The first-order chi connectivity index (χ1) is 20.3. The number of hydrogen-bond donors (Lipinski definition) is 4. The zero-order valence-corrected chi connectivity index (χ0v) is 26.0. The Kier molecular flexibility index (Phi) is 10.1. The van der Waals surface area contributed by atoms with Crippen LogP contribution in [0.4, 0.5) is 16.2 Å². The van der Waals surface area contributed by atoms with E-state index in [4.69, 9.17) is 35.9 Å². The van der Waals surface area contributed by atoms with Crippen LogP contribution in [0.15, 0.2) is 36.7 Å². The van der Waals surface area contributed by atoms with Crippen LogP contribution in [0, 0.1) is 0 Å². The van der Waals surface area contributed by atoms with Gasteiger partial charge in [0.1, 0.15) is 23.5 Å². The van der Waals surface area contributed by atoms with Crippen molar-refractivity contribution in [1.29, 1.82) is 0 Å². The van der Waals surface area contributed by atoms with Crippen LogP contribution < -0.4 is 20.7 Å². The molecule has 4 rings (SSSR count). The minimum Gasteiger partial charge on any atom is -0.462 e. The third-order valence-electron chi connectivity index (χ3n) is 6.34. The van der Waals surface area contributed by atoms with E-state index in [9.17, 15) is 14.5 Å². The lowest BCUT2D eigenvalue weighted by molar-refractivity contribution is -0.149. The Bertz CT molecular complexity index is 1470. The molecule has 0 unspecified atom stereocenters. The molecule has 0 saturated carbocycles. The topological polar surface area (TPSA) is 185 Å². The van der Waals surface area contributed by atoms with Gasteiger partial charge in [-0.15, -0.1) is 11.6 Å². The van der Waals surface area contributed by atoms with Crippen LogP contribution in [0.2, 0.25) is 0 Å². The molecule has 14 nitrogen and oxygen atoms in total. The Morgan fingerprint density at radius 2 is 1.95 bits per heavy atom. The van der Waals surface area contributed by atoms with Gasteiger partial charge in [-0.05, 0) is 46.8 Å². The van der Waals surface area contributed by atoms with Gasteiger partial charge in [0.05, 0.1) is 24.9 Å². The summed E-state index contributed by atoms with van der Waals surface area (Å²) in [6.07, 6.45) is -4.49. The minimum atomic E-state index is -4.38. The van der Waals surface area contributed by atoms with Crippen LogP contribution >= 0.6 is 19.3 Å². The lowest BCUT2D eigenvalue weighted by atomic mass is 9.99. The number of carbonyl (C=O) groups is 1. The quantitative estimate of drug-likeness (QED) is 0.120. The van der Waals surface area contributed by atoms with Crippen LogP contribution in [0.5, 0.6) is 5.75 Å². The molecule has 0 aliphatic carbocycles. The molecule has 236 valence electrons. The molecule has 2 aromatic heterocycles. The van der Waals surface area contributed by atoms with Gasteiger partial charge in [0.15, 0.2) is 29.4 Å². The van der Waals surface area contributed by atoms with E-state index >= 15 is 4.39 Å². The van der Waals surface area contributed by atoms with Gasteiger partial charge in [0.2, 0.25) is 5.95 Å². The molecule has 1 fully saturated rings. The lowest BCUT2D eigenvalue weighted by Gasteiger charge is -2.31. The molecule has 0 bridgehead atoms. The Hall–Kier alpha value is -3.07. The molecule has 6 atom stereocenters. The molecule has 5 N–H and O–H groups in total. The molecule has 1 aliphatic rings. The van der Waals surface area contributed by atoms with E-state index in [1.54, 1.807) is 32.0 Å². The van der Waals surface area contributed by atoms with Crippen molar-refractivity contribution in [2.75, 3.05) is 23.5 Å². The number of aromatic nitrogens is 4. The summed E-state index contributed by atoms with van der Waals surface area (Å²) in [5, 5.41) is 16.7. The summed E-state index contributed by atoms with van der Waals surface area (Å²) in [7, 11) is -4.38. The number of benzene rings is 1. The van der Waals surface area contributed by atoms with E-state index in [-0.39, 0.29) is 23.4 Å². The monoisotopic (exact) mass is 643 g/mol. The number of fused-ring (bicyclic) bond motifs is 1. The van der Waals surface area contributed by atoms with Crippen molar-refractivity contribution < 1.29 is 37.4 Å². The van der Waals surface area contributed by atoms with E-state index in [2.05, 4.69) is 25.4 Å². The van der Waals surface area contributed by atoms with E-state index in [1.165, 1.54) is 30.0 Å². The molecule has 43 heavy (non-hydrogen) atoms. The average molecular weight is 644 g/mol. The Morgan fingerprint density at radius 3 is 2.58 bits per heavy atom. The number of anilines is 2. The summed E-state index contributed by atoms with van der Waals surface area (Å²) in [6, 6.07) is 6.93. The summed E-state index contributed by atoms with van der Waals surface area (Å²) in [5.74, 6) is -0.764. The standard InChI is InChI=1S/C26H36ClFN7O7P/c1-14(2)31-21-19-22(33-25(29)32-21)35(13-30-19)23-18(28)20(36)26(11-27,41-23)12-39-43(38,42-17-9-7-6-8-10-17)34-16(5)24(37)40-15(3)4/h6-10,13-16,18,20,23,36H,11-12H2,1-5H3,(H,34,38)(H3,29,31,32,33)/t16-,18-,20-,23+,26+,43-/m0/s1. The van der Waals surface area contributed by atoms with Crippen LogP contribution in [0.25, 0.3) is 11.2 Å². The average Bonchev–Trinajstić information content (AvgIpc) is 3.46. The van der Waals surface area contributed by atoms with E-state index in [1.807, 2.05) is 13.8 Å². The third-order valence-corrected chi connectivity index (χ3v) is 8.41. The second kappa shape index (κ2) is 13.3. The predicted octanol–water partition coefficient (Wildman–Crippen LogP) is 3.57. The molecule has 3 heterocycles. The second-order valence-electron chi connectivity index (χ2n) is 10.7. The summed E-state index contributed by atoms with van der Waals surface area (Å²) in [5.41, 5.74) is 4.46. The molecule has 17 heteroatoms. The molecule has 0 spiro atoms. The maximum atomic E-state index is 15.8. The number of nitrogens with zero attached hydrogens (tertiary/aromatic N) is 4. The van der Waals surface area contributed by atoms with Crippen molar-refractivity contribution in [1.82, 2.24) is 24.6 Å². The Labute approximate surface area is 253 Å². The molecule has 3 aromatic rings.